The van der Waals surface area contributed by atoms with Crippen LogP contribution in [0, 0.1) is 5.82 Å². The third kappa shape index (κ3) is 3.33. The monoisotopic (exact) mass is 285 g/mol. The lowest BCUT2D eigenvalue weighted by atomic mass is 9.88. The summed E-state index contributed by atoms with van der Waals surface area (Å²) < 4.78 is 14.4. The van der Waals surface area contributed by atoms with Gasteiger partial charge in [0.1, 0.15) is 5.82 Å². The predicted octanol–water partition coefficient (Wildman–Crippen LogP) is 5.20. The third-order valence-electron chi connectivity index (χ3n) is 3.92. The molecule has 0 heterocycles. The first kappa shape index (κ1) is 15.7. The second-order valence-electron chi connectivity index (χ2n) is 6.17. The Balaban J connectivity index is 2.58. The van der Waals surface area contributed by atoms with Gasteiger partial charge in [0.2, 0.25) is 0 Å². The van der Waals surface area contributed by atoms with Crippen LogP contribution in [0.25, 0.3) is 11.1 Å². The minimum atomic E-state index is -0.197. The SMILES string of the molecule is CC(C)c1ccc(-c2ccc(CN)cc2F)c(C(C)C)c1. The van der Waals surface area contributed by atoms with Gasteiger partial charge in [0, 0.05) is 12.1 Å². The van der Waals surface area contributed by atoms with Crippen LogP contribution in [0.4, 0.5) is 4.39 Å². The molecule has 0 radical (unpaired) electrons. The van der Waals surface area contributed by atoms with Crippen molar-refractivity contribution in [3.05, 3.63) is 58.9 Å². The highest BCUT2D eigenvalue weighted by molar-refractivity contribution is 5.69. The van der Waals surface area contributed by atoms with Gasteiger partial charge in [-0.15, -0.1) is 0 Å². The first-order valence-corrected chi connectivity index (χ1v) is 7.56. The van der Waals surface area contributed by atoms with E-state index in [2.05, 4.69) is 39.8 Å². The maximum absolute atomic E-state index is 14.4. The highest BCUT2D eigenvalue weighted by atomic mass is 19.1. The number of hydrogen-bond donors (Lipinski definition) is 1. The van der Waals surface area contributed by atoms with Gasteiger partial charge in [0.15, 0.2) is 0 Å². The summed E-state index contributed by atoms with van der Waals surface area (Å²) in [6.45, 7) is 9.01. The Labute approximate surface area is 127 Å². The molecule has 0 unspecified atom stereocenters. The van der Waals surface area contributed by atoms with Crippen LogP contribution < -0.4 is 5.73 Å². The van der Waals surface area contributed by atoms with E-state index in [0.29, 0.717) is 23.9 Å². The van der Waals surface area contributed by atoms with Crippen molar-refractivity contribution in [3.63, 3.8) is 0 Å². The normalized spacial score (nSPS) is 11.4. The second kappa shape index (κ2) is 6.40. The fourth-order valence-electron chi connectivity index (χ4n) is 2.57. The Morgan fingerprint density at radius 2 is 1.57 bits per heavy atom. The summed E-state index contributed by atoms with van der Waals surface area (Å²) in [6, 6.07) is 11.6. The summed E-state index contributed by atoms with van der Waals surface area (Å²) in [7, 11) is 0. The van der Waals surface area contributed by atoms with E-state index in [1.807, 2.05) is 18.2 Å². The van der Waals surface area contributed by atoms with Crippen molar-refractivity contribution in [3.8, 4) is 11.1 Å². The Morgan fingerprint density at radius 3 is 2.10 bits per heavy atom. The lowest BCUT2D eigenvalue weighted by Crippen LogP contribution is -2.00. The number of rotatable bonds is 4. The maximum Gasteiger partial charge on any atom is 0.131 e. The second-order valence-corrected chi connectivity index (χ2v) is 6.17. The molecule has 1 nitrogen and oxygen atoms in total. The van der Waals surface area contributed by atoms with Crippen molar-refractivity contribution >= 4 is 0 Å². The molecule has 21 heavy (non-hydrogen) atoms. The topological polar surface area (TPSA) is 26.0 Å². The van der Waals surface area contributed by atoms with Crippen molar-refractivity contribution in [2.75, 3.05) is 0 Å². The quantitative estimate of drug-likeness (QED) is 0.821. The summed E-state index contributed by atoms with van der Waals surface area (Å²) in [5, 5.41) is 0. The van der Waals surface area contributed by atoms with Crippen LogP contribution in [0.15, 0.2) is 36.4 Å². The molecule has 0 fully saturated rings. The number of hydrogen-bond acceptors (Lipinski definition) is 1. The van der Waals surface area contributed by atoms with Crippen molar-refractivity contribution in [1.29, 1.82) is 0 Å². The largest absolute Gasteiger partial charge is 0.326 e. The molecular weight excluding hydrogens is 261 g/mol. The molecule has 112 valence electrons. The lowest BCUT2D eigenvalue weighted by molar-refractivity contribution is 0.628. The van der Waals surface area contributed by atoms with Crippen molar-refractivity contribution in [2.24, 2.45) is 5.73 Å². The highest BCUT2D eigenvalue weighted by Crippen LogP contribution is 2.33. The van der Waals surface area contributed by atoms with Gasteiger partial charge < -0.3 is 5.73 Å². The summed E-state index contributed by atoms with van der Waals surface area (Å²) in [5.41, 5.74) is 10.5. The molecule has 0 saturated carbocycles. The molecule has 2 aromatic rings. The molecule has 0 bridgehead atoms. The minimum Gasteiger partial charge on any atom is -0.326 e. The maximum atomic E-state index is 14.4. The van der Waals surface area contributed by atoms with Gasteiger partial charge in [0.05, 0.1) is 0 Å². The molecule has 2 aromatic carbocycles. The Bertz CT molecular complexity index is 629. The van der Waals surface area contributed by atoms with E-state index in [-0.39, 0.29) is 5.82 Å². The zero-order chi connectivity index (χ0) is 15.6. The lowest BCUT2D eigenvalue weighted by Gasteiger charge is -2.17. The van der Waals surface area contributed by atoms with Crippen molar-refractivity contribution in [2.45, 2.75) is 46.1 Å². The summed E-state index contributed by atoms with van der Waals surface area (Å²) in [5.74, 6) is 0.630. The standard InChI is InChI=1S/C19H24FN/c1-12(2)15-6-8-16(18(10-15)13(3)4)17-7-5-14(11-21)9-19(17)20/h5-10,12-13H,11,21H2,1-4H3. The van der Waals surface area contributed by atoms with Gasteiger partial charge in [-0.05, 0) is 40.2 Å². The molecule has 0 atom stereocenters. The average molecular weight is 285 g/mol. The van der Waals surface area contributed by atoms with E-state index in [1.165, 1.54) is 17.2 Å². The van der Waals surface area contributed by atoms with Gasteiger partial charge in [0.25, 0.3) is 0 Å². The molecule has 2 rings (SSSR count). The minimum absolute atomic E-state index is 0.197. The van der Waals surface area contributed by atoms with Crippen LogP contribution in [0.3, 0.4) is 0 Å². The summed E-state index contributed by atoms with van der Waals surface area (Å²) in [6.07, 6.45) is 0. The molecule has 0 aromatic heterocycles. The molecule has 0 spiro atoms. The molecule has 2 heteroatoms. The van der Waals surface area contributed by atoms with E-state index in [1.54, 1.807) is 0 Å². The van der Waals surface area contributed by atoms with Gasteiger partial charge in [-0.1, -0.05) is 58.0 Å². The van der Waals surface area contributed by atoms with Crippen LogP contribution >= 0.6 is 0 Å². The van der Waals surface area contributed by atoms with E-state index < -0.39 is 0 Å². The highest BCUT2D eigenvalue weighted by Gasteiger charge is 2.14. The summed E-state index contributed by atoms with van der Waals surface area (Å²) in [4.78, 5) is 0. The Kier molecular flexibility index (Phi) is 4.79. The number of nitrogens with two attached hydrogens (primary N) is 1. The van der Waals surface area contributed by atoms with Crippen molar-refractivity contribution in [1.82, 2.24) is 0 Å². The van der Waals surface area contributed by atoms with Gasteiger partial charge >= 0.3 is 0 Å². The molecule has 2 N–H and O–H groups in total. The van der Waals surface area contributed by atoms with Gasteiger partial charge in [-0.3, -0.25) is 0 Å². The molecular formula is C19H24FN. The van der Waals surface area contributed by atoms with Crippen LogP contribution in [-0.4, -0.2) is 0 Å². The van der Waals surface area contributed by atoms with Crippen LogP contribution in [0.2, 0.25) is 0 Å². The molecule has 0 aliphatic heterocycles. The zero-order valence-corrected chi connectivity index (χ0v) is 13.3. The van der Waals surface area contributed by atoms with E-state index >= 15 is 0 Å². The van der Waals surface area contributed by atoms with Crippen LogP contribution in [0.5, 0.6) is 0 Å². The fourth-order valence-corrected chi connectivity index (χ4v) is 2.57. The van der Waals surface area contributed by atoms with Crippen molar-refractivity contribution < 1.29 is 4.39 Å². The average Bonchev–Trinajstić information content (AvgIpc) is 2.46. The zero-order valence-electron chi connectivity index (χ0n) is 13.3. The van der Waals surface area contributed by atoms with Gasteiger partial charge in [-0.2, -0.15) is 0 Å². The first-order chi connectivity index (χ1) is 9.93. The van der Waals surface area contributed by atoms with E-state index in [9.17, 15) is 4.39 Å². The molecule has 0 aliphatic carbocycles. The van der Waals surface area contributed by atoms with Gasteiger partial charge in [-0.25, -0.2) is 4.39 Å². The predicted molar refractivity (Wildman–Crippen MR) is 87.9 cm³/mol. The number of halogens is 1. The first-order valence-electron chi connectivity index (χ1n) is 7.56. The van der Waals surface area contributed by atoms with E-state index in [0.717, 1.165) is 11.1 Å². The Hall–Kier alpha value is -1.67. The van der Waals surface area contributed by atoms with Crippen LogP contribution in [-0.2, 0) is 6.54 Å². The fraction of sp³-hybridized carbons (Fsp3) is 0.368. The summed E-state index contributed by atoms with van der Waals surface area (Å²) >= 11 is 0. The molecule has 0 amide bonds. The number of benzene rings is 2. The third-order valence-corrected chi connectivity index (χ3v) is 3.92. The smallest absolute Gasteiger partial charge is 0.131 e. The van der Waals surface area contributed by atoms with Crippen LogP contribution in [0.1, 0.15) is 56.2 Å². The molecule has 0 aliphatic rings. The molecule has 0 saturated heterocycles. The Morgan fingerprint density at radius 1 is 0.905 bits per heavy atom. The van der Waals surface area contributed by atoms with E-state index in [4.69, 9.17) is 5.73 Å².